The summed E-state index contributed by atoms with van der Waals surface area (Å²) >= 11 is 6.22. The number of fused-ring (bicyclic) bond motifs is 2. The summed E-state index contributed by atoms with van der Waals surface area (Å²) in [5, 5.41) is 19.6. The minimum atomic E-state index is -3.13. The molecule has 134 valence electrons. The van der Waals surface area contributed by atoms with Gasteiger partial charge in [-0.25, -0.2) is 12.7 Å². The largest absolute Gasteiger partial charge is 0.385 e. The predicted molar refractivity (Wildman–Crippen MR) is 94.7 cm³/mol. The number of aromatic amines is 1. The van der Waals surface area contributed by atoms with Crippen LogP contribution >= 0.6 is 11.6 Å². The lowest BCUT2D eigenvalue weighted by atomic mass is 9.88. The van der Waals surface area contributed by atoms with E-state index in [2.05, 4.69) is 10.2 Å². The minimum Gasteiger partial charge on any atom is -0.385 e. The highest BCUT2D eigenvalue weighted by Crippen LogP contribution is 2.51. The molecule has 8 heteroatoms. The molecule has 2 aliphatic carbocycles. The van der Waals surface area contributed by atoms with Crippen LogP contribution in [-0.2, 0) is 15.6 Å². The molecule has 1 saturated heterocycles. The van der Waals surface area contributed by atoms with Gasteiger partial charge < -0.3 is 5.11 Å². The highest BCUT2D eigenvalue weighted by molar-refractivity contribution is 7.90. The first-order chi connectivity index (χ1) is 11.9. The summed E-state index contributed by atoms with van der Waals surface area (Å²) in [6.45, 7) is 1.06. The third-order valence-electron chi connectivity index (χ3n) is 6.07. The average Bonchev–Trinajstić information content (AvgIpc) is 3.07. The van der Waals surface area contributed by atoms with Crippen molar-refractivity contribution in [3.05, 3.63) is 28.9 Å². The van der Waals surface area contributed by atoms with E-state index in [1.807, 2.05) is 6.07 Å². The summed E-state index contributed by atoms with van der Waals surface area (Å²) < 4.78 is 26.6. The van der Waals surface area contributed by atoms with Crippen molar-refractivity contribution in [3.63, 3.8) is 0 Å². The molecule has 3 fully saturated rings. The second kappa shape index (κ2) is 5.19. The Balaban J connectivity index is 1.44. The molecule has 1 aromatic heterocycles. The van der Waals surface area contributed by atoms with Crippen LogP contribution in [0.1, 0.15) is 31.2 Å². The number of sulfonamides is 1. The lowest BCUT2D eigenvalue weighted by molar-refractivity contribution is 0.0353. The second-order valence-corrected chi connectivity index (χ2v) is 10.5. The lowest BCUT2D eigenvalue weighted by Crippen LogP contribution is -2.34. The van der Waals surface area contributed by atoms with Gasteiger partial charge in [-0.1, -0.05) is 11.6 Å². The van der Waals surface area contributed by atoms with Crippen LogP contribution < -0.4 is 0 Å². The standard InChI is InChI=1S/C17H20ClN3O3S/c18-12-3-15(14-7-19-20-16(14)4-12)17(22)5-10-8-21(9-11(10)6-17)25(23,24)13-1-2-13/h3-4,7,10-11,13,22H,1-2,5-6,8-9H2,(H,19,20)/t10-,11-/m0/s1. The van der Waals surface area contributed by atoms with E-state index >= 15 is 0 Å². The molecule has 0 bridgehead atoms. The van der Waals surface area contributed by atoms with E-state index in [1.54, 1.807) is 16.6 Å². The molecule has 0 unspecified atom stereocenters. The van der Waals surface area contributed by atoms with Crippen molar-refractivity contribution in [3.8, 4) is 0 Å². The maximum Gasteiger partial charge on any atom is 0.216 e. The molecular weight excluding hydrogens is 362 g/mol. The molecule has 2 aromatic rings. The number of halogens is 1. The number of hydrogen-bond acceptors (Lipinski definition) is 4. The van der Waals surface area contributed by atoms with E-state index in [4.69, 9.17) is 11.6 Å². The molecule has 0 radical (unpaired) electrons. The first-order valence-electron chi connectivity index (χ1n) is 8.71. The molecule has 3 aliphatic rings. The van der Waals surface area contributed by atoms with Gasteiger partial charge in [0.15, 0.2) is 0 Å². The maximum absolute atomic E-state index is 12.5. The second-order valence-electron chi connectivity index (χ2n) is 7.81. The van der Waals surface area contributed by atoms with E-state index < -0.39 is 15.6 Å². The van der Waals surface area contributed by atoms with Gasteiger partial charge in [-0.3, -0.25) is 5.10 Å². The molecule has 1 aromatic carbocycles. The Kier molecular flexibility index (Phi) is 3.33. The van der Waals surface area contributed by atoms with E-state index in [-0.39, 0.29) is 17.1 Å². The fourth-order valence-electron chi connectivity index (χ4n) is 4.71. The fraction of sp³-hybridized carbons (Fsp3) is 0.588. The van der Waals surface area contributed by atoms with Crippen molar-refractivity contribution in [2.45, 2.75) is 36.5 Å². The van der Waals surface area contributed by atoms with Crippen LogP contribution in [0.5, 0.6) is 0 Å². The van der Waals surface area contributed by atoms with Gasteiger partial charge in [-0.05, 0) is 55.2 Å². The molecule has 2 saturated carbocycles. The predicted octanol–water partition coefficient (Wildman–Crippen LogP) is 2.24. The zero-order valence-corrected chi connectivity index (χ0v) is 15.2. The number of aromatic nitrogens is 2. The van der Waals surface area contributed by atoms with Crippen molar-refractivity contribution < 1.29 is 13.5 Å². The maximum atomic E-state index is 12.5. The van der Waals surface area contributed by atoms with Crippen molar-refractivity contribution in [2.75, 3.05) is 13.1 Å². The summed E-state index contributed by atoms with van der Waals surface area (Å²) in [4.78, 5) is 0. The quantitative estimate of drug-likeness (QED) is 0.853. The van der Waals surface area contributed by atoms with Crippen LogP contribution in [-0.4, -0.2) is 46.4 Å². The van der Waals surface area contributed by atoms with E-state index in [0.29, 0.717) is 31.0 Å². The van der Waals surface area contributed by atoms with E-state index in [9.17, 15) is 13.5 Å². The number of aliphatic hydroxyl groups is 1. The molecular formula is C17H20ClN3O3S. The molecule has 0 spiro atoms. The molecule has 1 aliphatic heterocycles. The molecule has 2 heterocycles. The summed E-state index contributed by atoms with van der Waals surface area (Å²) in [7, 11) is -3.13. The molecule has 2 atom stereocenters. The van der Waals surface area contributed by atoms with Crippen molar-refractivity contribution >= 4 is 32.5 Å². The summed E-state index contributed by atoms with van der Waals surface area (Å²) in [6.07, 6.45) is 4.43. The first kappa shape index (κ1) is 16.1. The summed E-state index contributed by atoms with van der Waals surface area (Å²) in [5.74, 6) is 0.388. The SMILES string of the molecule is O=S(=O)(C1CC1)N1C[C@@H]2CC(O)(c3cc(Cl)cc4[nH]ncc34)C[C@H]2C1. The molecule has 0 amide bonds. The number of rotatable bonds is 3. The Labute approximate surface area is 151 Å². The van der Waals surface area contributed by atoms with Gasteiger partial charge in [-0.15, -0.1) is 0 Å². The van der Waals surface area contributed by atoms with Crippen molar-refractivity contribution in [1.82, 2.24) is 14.5 Å². The smallest absolute Gasteiger partial charge is 0.216 e. The Bertz CT molecular complexity index is 939. The topological polar surface area (TPSA) is 86.3 Å². The number of hydrogen-bond donors (Lipinski definition) is 2. The van der Waals surface area contributed by atoms with Crippen molar-refractivity contribution in [2.24, 2.45) is 11.8 Å². The van der Waals surface area contributed by atoms with E-state index in [1.165, 1.54) is 0 Å². The summed E-state index contributed by atoms with van der Waals surface area (Å²) in [6, 6.07) is 3.62. The third kappa shape index (κ3) is 2.44. The first-order valence-corrected chi connectivity index (χ1v) is 10.6. The lowest BCUT2D eigenvalue weighted by Gasteiger charge is -2.27. The number of benzene rings is 1. The van der Waals surface area contributed by atoms with Crippen LogP contribution in [0.15, 0.2) is 18.3 Å². The van der Waals surface area contributed by atoms with Gasteiger partial charge in [0.1, 0.15) is 0 Å². The normalized spacial score (nSPS) is 29.4. The van der Waals surface area contributed by atoms with Gasteiger partial charge >= 0.3 is 0 Å². The van der Waals surface area contributed by atoms with Gasteiger partial charge in [0.25, 0.3) is 0 Å². The Hall–Kier alpha value is -1.15. The number of nitrogens with one attached hydrogen (secondary N) is 1. The van der Waals surface area contributed by atoms with Crippen molar-refractivity contribution in [1.29, 1.82) is 0 Å². The molecule has 2 N–H and O–H groups in total. The average molecular weight is 382 g/mol. The van der Waals surface area contributed by atoms with Gasteiger partial charge in [0, 0.05) is 23.5 Å². The molecule has 5 rings (SSSR count). The highest BCUT2D eigenvalue weighted by atomic mass is 35.5. The summed E-state index contributed by atoms with van der Waals surface area (Å²) in [5.41, 5.74) is 0.637. The monoisotopic (exact) mass is 381 g/mol. The zero-order chi connectivity index (χ0) is 17.4. The van der Waals surface area contributed by atoms with Gasteiger partial charge in [0.2, 0.25) is 10.0 Å². The van der Waals surface area contributed by atoms with Crippen LogP contribution in [0.3, 0.4) is 0 Å². The Morgan fingerprint density at radius 3 is 2.56 bits per heavy atom. The minimum absolute atomic E-state index is 0.163. The Morgan fingerprint density at radius 1 is 1.24 bits per heavy atom. The Morgan fingerprint density at radius 2 is 1.92 bits per heavy atom. The molecule has 6 nitrogen and oxygen atoms in total. The van der Waals surface area contributed by atoms with E-state index in [0.717, 1.165) is 29.3 Å². The van der Waals surface area contributed by atoms with Gasteiger partial charge in [-0.2, -0.15) is 5.10 Å². The highest BCUT2D eigenvalue weighted by Gasteiger charge is 2.53. The number of nitrogens with zero attached hydrogens (tertiary/aromatic N) is 2. The third-order valence-corrected chi connectivity index (χ3v) is 8.62. The van der Waals surface area contributed by atoms with Gasteiger partial charge in [0.05, 0.1) is 22.6 Å². The fourth-order valence-corrected chi connectivity index (χ4v) is 6.88. The van der Waals surface area contributed by atoms with Crippen LogP contribution in [0.2, 0.25) is 5.02 Å². The van der Waals surface area contributed by atoms with Crippen LogP contribution in [0.25, 0.3) is 10.9 Å². The van der Waals surface area contributed by atoms with Crippen LogP contribution in [0.4, 0.5) is 0 Å². The zero-order valence-electron chi connectivity index (χ0n) is 13.7. The van der Waals surface area contributed by atoms with Crippen LogP contribution in [0, 0.1) is 11.8 Å². The molecule has 25 heavy (non-hydrogen) atoms. The number of H-pyrrole nitrogens is 1.